The maximum Gasteiger partial charge on any atom is 0.225 e. The normalized spacial score (nSPS) is 25.7. The second-order valence-corrected chi connectivity index (χ2v) is 6.64. The van der Waals surface area contributed by atoms with Crippen molar-refractivity contribution in [2.24, 2.45) is 5.92 Å². The Kier molecular flexibility index (Phi) is 4.64. The number of hydrogen-bond donors (Lipinski definition) is 1. The second kappa shape index (κ2) is 6.69. The zero-order chi connectivity index (χ0) is 16.4. The largest absolute Gasteiger partial charge is 0.353 e. The van der Waals surface area contributed by atoms with Gasteiger partial charge in [0.2, 0.25) is 11.8 Å². The first kappa shape index (κ1) is 16.0. The Morgan fingerprint density at radius 3 is 2.70 bits per heavy atom. The summed E-state index contributed by atoms with van der Waals surface area (Å²) >= 11 is 0. The molecule has 1 aliphatic carbocycles. The van der Waals surface area contributed by atoms with Crippen LogP contribution in [0.15, 0.2) is 24.3 Å². The monoisotopic (exact) mass is 318 g/mol. The number of carbonyl (C=O) groups excluding carboxylic acids is 2. The van der Waals surface area contributed by atoms with Crippen LogP contribution in [0.1, 0.15) is 50.1 Å². The summed E-state index contributed by atoms with van der Waals surface area (Å²) in [6.07, 6.45) is 5.24. The second-order valence-electron chi connectivity index (χ2n) is 6.64. The molecule has 4 nitrogen and oxygen atoms in total. The summed E-state index contributed by atoms with van der Waals surface area (Å²) in [7, 11) is 1.70. The van der Waals surface area contributed by atoms with E-state index in [1.54, 1.807) is 24.1 Å². The SMILES string of the molecule is CN1C(=O)CC[C@H](C(=O)NC2CCCC2)[C@H]1c1cccc(F)c1. The molecule has 1 heterocycles. The van der Waals surface area contributed by atoms with Gasteiger partial charge in [0, 0.05) is 19.5 Å². The van der Waals surface area contributed by atoms with E-state index in [1.807, 2.05) is 0 Å². The first-order valence-electron chi connectivity index (χ1n) is 8.38. The number of hydrogen-bond acceptors (Lipinski definition) is 2. The maximum absolute atomic E-state index is 13.6. The summed E-state index contributed by atoms with van der Waals surface area (Å²) in [5.41, 5.74) is 0.687. The van der Waals surface area contributed by atoms with E-state index < -0.39 is 6.04 Å². The molecule has 0 bridgehead atoms. The fraction of sp³-hybridized carbons (Fsp3) is 0.556. The maximum atomic E-state index is 13.6. The summed E-state index contributed by atoms with van der Waals surface area (Å²) in [6.45, 7) is 0. The van der Waals surface area contributed by atoms with Crippen molar-refractivity contribution in [2.45, 2.75) is 50.6 Å². The van der Waals surface area contributed by atoms with Crippen LogP contribution in [0.5, 0.6) is 0 Å². The number of carbonyl (C=O) groups is 2. The number of nitrogens with one attached hydrogen (secondary N) is 1. The Morgan fingerprint density at radius 1 is 1.26 bits per heavy atom. The molecule has 2 atom stereocenters. The minimum absolute atomic E-state index is 0.00387. The minimum Gasteiger partial charge on any atom is -0.353 e. The van der Waals surface area contributed by atoms with Crippen molar-refractivity contribution in [3.05, 3.63) is 35.6 Å². The van der Waals surface area contributed by atoms with E-state index in [4.69, 9.17) is 0 Å². The third-order valence-corrected chi connectivity index (χ3v) is 5.09. The third-order valence-electron chi connectivity index (χ3n) is 5.09. The van der Waals surface area contributed by atoms with Crippen molar-refractivity contribution >= 4 is 11.8 Å². The molecule has 2 amide bonds. The van der Waals surface area contributed by atoms with E-state index in [0.717, 1.165) is 25.7 Å². The lowest BCUT2D eigenvalue weighted by atomic mass is 9.83. The Labute approximate surface area is 136 Å². The average Bonchev–Trinajstić information content (AvgIpc) is 3.02. The van der Waals surface area contributed by atoms with E-state index >= 15 is 0 Å². The van der Waals surface area contributed by atoms with E-state index in [2.05, 4.69) is 5.32 Å². The number of nitrogens with zero attached hydrogens (tertiary/aromatic N) is 1. The van der Waals surface area contributed by atoms with Gasteiger partial charge in [-0.2, -0.15) is 0 Å². The summed E-state index contributed by atoms with van der Waals surface area (Å²) in [5, 5.41) is 3.13. The molecule has 124 valence electrons. The van der Waals surface area contributed by atoms with Crippen LogP contribution in [-0.2, 0) is 9.59 Å². The standard InChI is InChI=1S/C18H23FN2O2/c1-21-16(22)10-9-15(18(23)20-14-7-2-3-8-14)17(21)12-5-4-6-13(19)11-12/h4-6,11,14-15,17H,2-3,7-10H2,1H3,(H,20,23)/t15-,17+/m0/s1. The quantitative estimate of drug-likeness (QED) is 0.931. The van der Waals surface area contributed by atoms with Crippen molar-refractivity contribution < 1.29 is 14.0 Å². The molecule has 1 aliphatic heterocycles. The van der Waals surface area contributed by atoms with Crippen LogP contribution in [0, 0.1) is 11.7 Å². The lowest BCUT2D eigenvalue weighted by Crippen LogP contribution is -2.48. The topological polar surface area (TPSA) is 49.4 Å². The van der Waals surface area contributed by atoms with Crippen LogP contribution >= 0.6 is 0 Å². The van der Waals surface area contributed by atoms with Crippen molar-refractivity contribution in [2.75, 3.05) is 7.05 Å². The Balaban J connectivity index is 1.83. The number of piperidine rings is 1. The zero-order valence-electron chi connectivity index (χ0n) is 13.4. The van der Waals surface area contributed by atoms with Crippen LogP contribution < -0.4 is 5.32 Å². The lowest BCUT2D eigenvalue weighted by molar-refractivity contribution is -0.141. The van der Waals surface area contributed by atoms with E-state index in [0.29, 0.717) is 18.4 Å². The smallest absolute Gasteiger partial charge is 0.225 e. The molecule has 1 aromatic rings. The molecule has 0 aromatic heterocycles. The van der Waals surface area contributed by atoms with Gasteiger partial charge in [-0.05, 0) is 37.0 Å². The Hall–Kier alpha value is -1.91. The molecule has 3 rings (SSSR count). The van der Waals surface area contributed by atoms with Crippen molar-refractivity contribution in [1.82, 2.24) is 10.2 Å². The van der Waals surface area contributed by atoms with Gasteiger partial charge in [-0.1, -0.05) is 25.0 Å². The van der Waals surface area contributed by atoms with Crippen LogP contribution in [0.25, 0.3) is 0 Å². The first-order chi connectivity index (χ1) is 11.1. The highest BCUT2D eigenvalue weighted by Gasteiger charge is 2.39. The zero-order valence-corrected chi connectivity index (χ0v) is 13.4. The average molecular weight is 318 g/mol. The number of halogens is 1. The lowest BCUT2D eigenvalue weighted by Gasteiger charge is -2.39. The van der Waals surface area contributed by atoms with Gasteiger partial charge in [-0.25, -0.2) is 4.39 Å². The molecule has 1 aromatic carbocycles. The summed E-state index contributed by atoms with van der Waals surface area (Å²) in [6, 6.07) is 6.08. The molecule has 1 saturated carbocycles. The van der Waals surface area contributed by atoms with Gasteiger partial charge in [0.15, 0.2) is 0 Å². The highest BCUT2D eigenvalue weighted by molar-refractivity contribution is 5.85. The number of likely N-dealkylation sites (tertiary alicyclic amines) is 1. The number of benzene rings is 1. The molecular weight excluding hydrogens is 295 g/mol. The van der Waals surface area contributed by atoms with Gasteiger partial charge in [0.1, 0.15) is 5.82 Å². The summed E-state index contributed by atoms with van der Waals surface area (Å²) < 4.78 is 13.6. The Morgan fingerprint density at radius 2 is 2.00 bits per heavy atom. The molecule has 5 heteroatoms. The van der Waals surface area contributed by atoms with E-state index in [9.17, 15) is 14.0 Å². The molecule has 1 saturated heterocycles. The molecular formula is C18H23FN2O2. The number of amides is 2. The predicted molar refractivity (Wildman–Crippen MR) is 85.0 cm³/mol. The van der Waals surface area contributed by atoms with Crippen LogP contribution in [0.4, 0.5) is 4.39 Å². The highest BCUT2D eigenvalue weighted by Crippen LogP contribution is 2.36. The fourth-order valence-corrected chi connectivity index (χ4v) is 3.84. The van der Waals surface area contributed by atoms with Gasteiger partial charge < -0.3 is 10.2 Å². The molecule has 0 radical (unpaired) electrons. The molecule has 1 N–H and O–H groups in total. The van der Waals surface area contributed by atoms with E-state index in [-0.39, 0.29) is 29.6 Å². The van der Waals surface area contributed by atoms with Gasteiger partial charge >= 0.3 is 0 Å². The fourth-order valence-electron chi connectivity index (χ4n) is 3.84. The van der Waals surface area contributed by atoms with Crippen molar-refractivity contribution in [3.63, 3.8) is 0 Å². The molecule has 0 unspecified atom stereocenters. The molecule has 23 heavy (non-hydrogen) atoms. The Bertz CT molecular complexity index is 598. The van der Waals surface area contributed by atoms with E-state index in [1.165, 1.54) is 12.1 Å². The van der Waals surface area contributed by atoms with Gasteiger partial charge in [0.25, 0.3) is 0 Å². The van der Waals surface area contributed by atoms with Crippen LogP contribution in [0.3, 0.4) is 0 Å². The van der Waals surface area contributed by atoms with Gasteiger partial charge in [-0.15, -0.1) is 0 Å². The van der Waals surface area contributed by atoms with Crippen LogP contribution in [-0.4, -0.2) is 29.8 Å². The molecule has 2 fully saturated rings. The van der Waals surface area contributed by atoms with Crippen molar-refractivity contribution in [1.29, 1.82) is 0 Å². The molecule has 0 spiro atoms. The molecule has 2 aliphatic rings. The third kappa shape index (κ3) is 3.38. The van der Waals surface area contributed by atoms with Gasteiger partial charge in [-0.3, -0.25) is 9.59 Å². The summed E-state index contributed by atoms with van der Waals surface area (Å²) in [4.78, 5) is 26.4. The minimum atomic E-state index is -0.395. The highest BCUT2D eigenvalue weighted by atomic mass is 19.1. The first-order valence-corrected chi connectivity index (χ1v) is 8.38. The predicted octanol–water partition coefficient (Wildman–Crippen LogP) is 2.79. The summed E-state index contributed by atoms with van der Waals surface area (Å²) in [5.74, 6) is -0.668. The number of rotatable bonds is 3. The van der Waals surface area contributed by atoms with Crippen molar-refractivity contribution in [3.8, 4) is 0 Å². The van der Waals surface area contributed by atoms with Gasteiger partial charge in [0.05, 0.1) is 12.0 Å². The van der Waals surface area contributed by atoms with Crippen LogP contribution in [0.2, 0.25) is 0 Å².